The van der Waals surface area contributed by atoms with Crippen molar-refractivity contribution in [2.45, 2.75) is 36.9 Å². The Hall–Kier alpha value is -1.79. The van der Waals surface area contributed by atoms with Crippen LogP contribution in [0.15, 0.2) is 48.5 Å². The lowest BCUT2D eigenvalue weighted by Gasteiger charge is -2.38. The van der Waals surface area contributed by atoms with Crippen LogP contribution in [0.2, 0.25) is 0 Å². The molecular formula is C26H30F6N2O2S. The highest BCUT2D eigenvalue weighted by molar-refractivity contribution is 7.98. The summed E-state index contributed by atoms with van der Waals surface area (Å²) in [6.07, 6.45) is -6.44. The van der Waals surface area contributed by atoms with E-state index < -0.39 is 29.6 Å². The molecule has 2 aromatic carbocycles. The van der Waals surface area contributed by atoms with Crippen LogP contribution in [0.5, 0.6) is 0 Å². The lowest BCUT2D eigenvalue weighted by molar-refractivity contribution is -0.138. The summed E-state index contributed by atoms with van der Waals surface area (Å²) in [6.45, 7) is 3.76. The fourth-order valence-electron chi connectivity index (χ4n) is 4.92. The van der Waals surface area contributed by atoms with Crippen LogP contribution in [0.25, 0.3) is 0 Å². The maximum absolute atomic E-state index is 13.3. The van der Waals surface area contributed by atoms with E-state index in [1.165, 1.54) is 24.3 Å². The second-order valence-corrected chi connectivity index (χ2v) is 10.4. The number of hydrogen-bond donors (Lipinski definition) is 0. The van der Waals surface area contributed by atoms with E-state index in [9.17, 15) is 26.3 Å². The van der Waals surface area contributed by atoms with Gasteiger partial charge in [0.1, 0.15) is 12.8 Å². The smallest absolute Gasteiger partial charge is 0.367 e. The molecule has 0 N–H and O–H groups in total. The molecule has 2 saturated heterocycles. The van der Waals surface area contributed by atoms with E-state index in [2.05, 4.69) is 16.1 Å². The highest BCUT2D eigenvalue weighted by Gasteiger charge is 2.41. The third-order valence-corrected chi connectivity index (χ3v) is 7.49. The van der Waals surface area contributed by atoms with Crippen molar-refractivity contribution in [2.75, 3.05) is 51.6 Å². The van der Waals surface area contributed by atoms with Gasteiger partial charge >= 0.3 is 12.4 Å². The van der Waals surface area contributed by atoms with Crippen molar-refractivity contribution in [3.63, 3.8) is 0 Å². The molecule has 0 saturated carbocycles. The SMILES string of the molecule is CSCN1COC2(CCN(CCOC(c3cccc(C(F)(F)F)c3)c3cccc(C(F)(F)F)c3)CC2)C1. The Morgan fingerprint density at radius 2 is 1.49 bits per heavy atom. The van der Waals surface area contributed by atoms with E-state index >= 15 is 0 Å². The molecule has 204 valence electrons. The Morgan fingerprint density at radius 1 is 0.919 bits per heavy atom. The molecule has 0 bridgehead atoms. The van der Waals surface area contributed by atoms with E-state index in [0.29, 0.717) is 13.3 Å². The van der Waals surface area contributed by atoms with Crippen LogP contribution >= 0.6 is 11.8 Å². The first-order chi connectivity index (χ1) is 17.5. The first-order valence-electron chi connectivity index (χ1n) is 12.0. The molecule has 0 aromatic heterocycles. The van der Waals surface area contributed by atoms with Crippen LogP contribution in [0.4, 0.5) is 26.3 Å². The van der Waals surface area contributed by atoms with Gasteiger partial charge in [0.2, 0.25) is 0 Å². The van der Waals surface area contributed by atoms with E-state index in [-0.39, 0.29) is 23.3 Å². The summed E-state index contributed by atoms with van der Waals surface area (Å²) in [6, 6.07) is 9.12. The van der Waals surface area contributed by atoms with Crippen LogP contribution in [-0.2, 0) is 21.8 Å². The van der Waals surface area contributed by atoms with E-state index in [0.717, 1.165) is 62.6 Å². The molecule has 2 aliphatic heterocycles. The average Bonchev–Trinajstić information content (AvgIpc) is 3.24. The number of ether oxygens (including phenoxy) is 2. The summed E-state index contributed by atoms with van der Waals surface area (Å²) in [5.41, 5.74) is -1.59. The van der Waals surface area contributed by atoms with E-state index in [1.807, 2.05) is 0 Å². The number of nitrogens with zero attached hydrogens (tertiary/aromatic N) is 2. The number of halogens is 6. The number of alkyl halides is 6. The maximum atomic E-state index is 13.3. The molecule has 0 unspecified atom stereocenters. The van der Waals surface area contributed by atoms with Gasteiger partial charge in [-0.05, 0) is 54.5 Å². The summed E-state index contributed by atoms with van der Waals surface area (Å²) >= 11 is 1.76. The zero-order chi connectivity index (χ0) is 26.7. The monoisotopic (exact) mass is 548 g/mol. The number of thioether (sulfide) groups is 1. The quantitative estimate of drug-likeness (QED) is 0.362. The second kappa shape index (κ2) is 11.5. The number of piperidine rings is 1. The van der Waals surface area contributed by atoms with Gasteiger partial charge in [-0.3, -0.25) is 4.90 Å². The topological polar surface area (TPSA) is 24.9 Å². The molecule has 0 amide bonds. The molecule has 0 aliphatic carbocycles. The summed E-state index contributed by atoms with van der Waals surface area (Å²) in [5, 5.41) is 0. The predicted molar refractivity (Wildman–Crippen MR) is 130 cm³/mol. The Labute approximate surface area is 216 Å². The summed E-state index contributed by atoms with van der Waals surface area (Å²) in [4.78, 5) is 4.47. The van der Waals surface area contributed by atoms with Crippen LogP contribution in [0.3, 0.4) is 0 Å². The highest BCUT2D eigenvalue weighted by Crippen LogP contribution is 2.36. The minimum Gasteiger partial charge on any atom is -0.367 e. The molecule has 2 aromatic rings. The molecule has 4 nitrogen and oxygen atoms in total. The van der Waals surface area contributed by atoms with E-state index in [4.69, 9.17) is 9.47 Å². The minimum atomic E-state index is -4.58. The highest BCUT2D eigenvalue weighted by atomic mass is 32.2. The molecule has 4 rings (SSSR count). The van der Waals surface area contributed by atoms with Gasteiger partial charge < -0.3 is 14.4 Å². The zero-order valence-electron chi connectivity index (χ0n) is 20.4. The fourth-order valence-corrected chi connectivity index (χ4v) is 5.45. The van der Waals surface area contributed by atoms with E-state index in [1.54, 1.807) is 11.8 Å². The molecule has 2 aliphatic rings. The van der Waals surface area contributed by atoms with Crippen molar-refractivity contribution < 1.29 is 35.8 Å². The predicted octanol–water partition coefficient (Wildman–Crippen LogP) is 6.28. The van der Waals surface area contributed by atoms with Gasteiger partial charge in [-0.1, -0.05) is 24.3 Å². The lowest BCUT2D eigenvalue weighted by Crippen LogP contribution is -2.47. The molecule has 2 fully saturated rings. The van der Waals surface area contributed by atoms with Gasteiger partial charge in [0.25, 0.3) is 0 Å². The Kier molecular flexibility index (Phi) is 8.79. The van der Waals surface area contributed by atoms with Crippen molar-refractivity contribution in [1.29, 1.82) is 0 Å². The molecular weight excluding hydrogens is 518 g/mol. The third kappa shape index (κ3) is 7.20. The fraction of sp³-hybridized carbons (Fsp3) is 0.538. The van der Waals surface area contributed by atoms with Crippen LogP contribution in [0.1, 0.15) is 41.2 Å². The number of likely N-dealkylation sites (tertiary alicyclic amines) is 1. The number of benzene rings is 2. The first-order valence-corrected chi connectivity index (χ1v) is 13.4. The van der Waals surface area contributed by atoms with Crippen molar-refractivity contribution in [3.8, 4) is 0 Å². The second-order valence-electron chi connectivity index (χ2n) is 9.54. The maximum Gasteiger partial charge on any atom is 0.416 e. The number of hydrogen-bond acceptors (Lipinski definition) is 5. The standard InChI is InChI=1S/C26H30F6N2O2S/c1-37-18-34-16-24(36-17-34)8-10-33(11-9-24)12-13-35-23(19-4-2-6-21(14-19)25(27,28)29)20-5-3-7-22(15-20)26(30,31)32/h2-7,14-15,23H,8-13,16-18H2,1H3. The van der Waals surface area contributed by atoms with Crippen molar-refractivity contribution in [1.82, 2.24) is 9.80 Å². The molecule has 0 radical (unpaired) electrons. The average molecular weight is 549 g/mol. The summed E-state index contributed by atoms with van der Waals surface area (Å²) in [7, 11) is 0. The van der Waals surface area contributed by atoms with Crippen molar-refractivity contribution in [2.24, 2.45) is 0 Å². The first kappa shape index (κ1) is 28.2. The molecule has 11 heteroatoms. The van der Waals surface area contributed by atoms with Gasteiger partial charge in [-0.2, -0.15) is 26.3 Å². The normalized spacial score (nSPS) is 19.2. The van der Waals surface area contributed by atoms with Gasteiger partial charge in [0.05, 0.1) is 23.3 Å². The zero-order valence-corrected chi connectivity index (χ0v) is 21.3. The van der Waals surface area contributed by atoms with Gasteiger partial charge in [0.15, 0.2) is 0 Å². The minimum absolute atomic E-state index is 0.147. The molecule has 37 heavy (non-hydrogen) atoms. The number of rotatable bonds is 8. The van der Waals surface area contributed by atoms with Crippen LogP contribution in [-0.4, -0.2) is 67.1 Å². The summed E-state index contributed by atoms with van der Waals surface area (Å²) in [5.74, 6) is 0.922. The van der Waals surface area contributed by atoms with Crippen molar-refractivity contribution in [3.05, 3.63) is 70.8 Å². The van der Waals surface area contributed by atoms with Gasteiger partial charge in [-0.25, -0.2) is 0 Å². The third-order valence-electron chi connectivity index (χ3n) is 6.87. The molecule has 0 atom stereocenters. The van der Waals surface area contributed by atoms with Crippen LogP contribution < -0.4 is 0 Å². The lowest BCUT2D eigenvalue weighted by atomic mass is 9.91. The Balaban J connectivity index is 1.44. The van der Waals surface area contributed by atoms with Crippen molar-refractivity contribution >= 4 is 11.8 Å². The Bertz CT molecular complexity index is 983. The Morgan fingerprint density at radius 3 is 2.00 bits per heavy atom. The van der Waals surface area contributed by atoms with Gasteiger partial charge in [0, 0.05) is 32.1 Å². The summed E-state index contributed by atoms with van der Waals surface area (Å²) < 4.78 is 92.1. The molecule has 1 spiro atoms. The van der Waals surface area contributed by atoms with Crippen LogP contribution in [0, 0.1) is 0 Å². The van der Waals surface area contributed by atoms with Gasteiger partial charge in [-0.15, -0.1) is 11.8 Å². The largest absolute Gasteiger partial charge is 0.416 e. The molecule has 2 heterocycles.